The Morgan fingerprint density at radius 3 is 1.90 bits per heavy atom. The van der Waals surface area contributed by atoms with E-state index in [9.17, 15) is 76.0 Å². The van der Waals surface area contributed by atoms with Crippen molar-refractivity contribution < 1.29 is 123 Å². The first-order valence-corrected chi connectivity index (χ1v) is 29.7. The number of benzene rings is 1. The molecule has 25 heteroatoms. The molecular weight excluding hydrogens is 1110 g/mol. The van der Waals surface area contributed by atoms with Crippen LogP contribution in [0.2, 0.25) is 0 Å². The van der Waals surface area contributed by atoms with Crippen molar-refractivity contribution in [1.29, 1.82) is 0 Å². The minimum atomic E-state index is -1.85. The van der Waals surface area contributed by atoms with E-state index in [1.165, 1.54) is 39.2 Å². The van der Waals surface area contributed by atoms with Gasteiger partial charge in [0.15, 0.2) is 30.4 Å². The number of carbonyl (C=O) groups is 2. The normalized spacial score (nSPS) is 47.2. The summed E-state index contributed by atoms with van der Waals surface area (Å²) in [4.78, 5) is 27.1. The molecule has 8 aliphatic rings. The van der Waals surface area contributed by atoms with E-state index in [4.69, 9.17) is 47.4 Å². The molecule has 0 unspecified atom stereocenters. The maximum Gasteiger partial charge on any atom is 0.338 e. The number of hydrogen-bond acceptors (Lipinski definition) is 25. The molecule has 84 heavy (non-hydrogen) atoms. The Bertz CT molecular complexity index is 2450. The van der Waals surface area contributed by atoms with Gasteiger partial charge in [0.05, 0.1) is 49.8 Å². The van der Waals surface area contributed by atoms with E-state index in [0.717, 1.165) is 5.57 Å². The lowest BCUT2D eigenvalue weighted by atomic mass is 9.46. The third-order valence-corrected chi connectivity index (χ3v) is 20.0. The van der Waals surface area contributed by atoms with Gasteiger partial charge in [-0.25, -0.2) is 4.79 Å². The van der Waals surface area contributed by atoms with Gasteiger partial charge in [-0.05, 0) is 117 Å². The van der Waals surface area contributed by atoms with Gasteiger partial charge in [-0.1, -0.05) is 46.3 Å². The minimum Gasteiger partial charge on any atom is -0.493 e. The van der Waals surface area contributed by atoms with Crippen molar-refractivity contribution in [3.05, 3.63) is 35.4 Å². The number of esters is 1. The molecule has 0 spiro atoms. The van der Waals surface area contributed by atoms with Crippen LogP contribution in [0.25, 0.3) is 0 Å². The lowest BCUT2D eigenvalue weighted by Crippen LogP contribution is -2.64. The fourth-order valence-electron chi connectivity index (χ4n) is 15.4. The van der Waals surface area contributed by atoms with E-state index in [1.54, 1.807) is 0 Å². The van der Waals surface area contributed by atoms with Gasteiger partial charge in [-0.2, -0.15) is 0 Å². The van der Waals surface area contributed by atoms with Gasteiger partial charge in [-0.15, -0.1) is 0 Å². The smallest absolute Gasteiger partial charge is 0.338 e. The van der Waals surface area contributed by atoms with Crippen LogP contribution in [0.3, 0.4) is 0 Å². The number of hydrogen-bond donors (Lipinski definition) is 13. The lowest BCUT2D eigenvalue weighted by Gasteiger charge is -2.59. The second kappa shape index (κ2) is 26.2. The first-order valence-electron chi connectivity index (χ1n) is 29.7. The van der Waals surface area contributed by atoms with Gasteiger partial charge in [0.25, 0.3) is 0 Å². The molecule has 4 saturated heterocycles. The van der Waals surface area contributed by atoms with Gasteiger partial charge in [0, 0.05) is 12.8 Å². The molecule has 4 heterocycles. The minimum absolute atomic E-state index is 0.00361. The van der Waals surface area contributed by atoms with E-state index in [0.29, 0.717) is 38.5 Å². The average molecular weight is 1200 g/mol. The van der Waals surface area contributed by atoms with Crippen molar-refractivity contribution in [2.45, 2.75) is 241 Å². The first-order chi connectivity index (χ1) is 39.6. The summed E-state index contributed by atoms with van der Waals surface area (Å²) in [6, 6.07) is 3.93. The molecule has 0 aromatic heterocycles. The second-order valence-electron chi connectivity index (χ2n) is 26.0. The highest BCUT2D eigenvalue weighted by atomic mass is 16.8. The van der Waals surface area contributed by atoms with Crippen molar-refractivity contribution in [3.63, 3.8) is 0 Å². The summed E-state index contributed by atoms with van der Waals surface area (Å²) in [5.41, 5.74) is -0.0583. The van der Waals surface area contributed by atoms with E-state index in [2.05, 4.69) is 13.8 Å². The molecule has 25 nitrogen and oxygen atoms in total. The van der Waals surface area contributed by atoms with Crippen LogP contribution in [-0.4, -0.2) is 240 Å². The molecule has 13 N–H and O–H groups in total. The van der Waals surface area contributed by atoms with E-state index < -0.39 is 171 Å². The zero-order valence-corrected chi connectivity index (χ0v) is 48.8. The monoisotopic (exact) mass is 1200 g/mol. The summed E-state index contributed by atoms with van der Waals surface area (Å²) in [7, 11) is 1.30. The first kappa shape index (κ1) is 65.3. The second-order valence-corrected chi connectivity index (χ2v) is 26.0. The van der Waals surface area contributed by atoms with Crippen molar-refractivity contribution in [1.82, 2.24) is 0 Å². The zero-order chi connectivity index (χ0) is 61.2. The van der Waals surface area contributed by atoms with E-state index >= 15 is 0 Å². The SMILES string of the molecule is COc1cc(C(=O)OC[C@H]2O[C@@H](O[C@H]3CC[C@@]4(C)C(=C[C@H](O)[C@H]5[C@@H]6C[C@H](O[C@@H]7O[C@H](CO)[C@@H](O)[C@H](O)[C@H]7O)[C@H]([C@H](C)CC(=O)CC(C)C)[C@@]6(C)CC[C@@H]54)C3)[C@H](O[C@@H]3O[C@@H](C)[C@H](O)[C@@H](O)[C@H]3O)[C@@H](O)[C@@H]2O)ccc1O[C@@H]1O[C@@H](C)[C@H](O)[C@@H](O)[C@H]1O. The Morgan fingerprint density at radius 2 is 1.26 bits per heavy atom. The molecule has 1 aromatic carbocycles. The Labute approximate surface area is 488 Å². The van der Waals surface area contributed by atoms with Crippen LogP contribution in [0.5, 0.6) is 11.5 Å². The third kappa shape index (κ3) is 12.6. The number of Topliss-reactive ketones (excluding diaryl/α,β-unsaturated/α-hetero) is 1. The number of fused-ring (bicyclic) bond motifs is 5. The predicted octanol–water partition coefficient (Wildman–Crippen LogP) is -0.911. The van der Waals surface area contributed by atoms with Gasteiger partial charge >= 0.3 is 5.97 Å². The van der Waals surface area contributed by atoms with Crippen molar-refractivity contribution in [2.75, 3.05) is 20.3 Å². The Balaban J connectivity index is 0.928. The molecule has 0 bridgehead atoms. The maximum atomic E-state index is 13.6. The van der Waals surface area contributed by atoms with Crippen LogP contribution in [0.1, 0.15) is 110 Å². The summed E-state index contributed by atoms with van der Waals surface area (Å²) < 4.78 is 59.8. The molecule has 9 rings (SSSR count). The van der Waals surface area contributed by atoms with Crippen molar-refractivity contribution >= 4 is 11.8 Å². The third-order valence-electron chi connectivity index (χ3n) is 20.0. The summed E-state index contributed by atoms with van der Waals surface area (Å²) in [6.45, 7) is 12.0. The molecule has 7 fully saturated rings. The highest BCUT2D eigenvalue weighted by molar-refractivity contribution is 5.90. The number of rotatable bonds is 18. The van der Waals surface area contributed by atoms with Gasteiger partial charge in [-0.3, -0.25) is 4.79 Å². The highest BCUT2D eigenvalue weighted by Crippen LogP contribution is 2.68. The van der Waals surface area contributed by atoms with Gasteiger partial charge < -0.3 is 114 Å². The summed E-state index contributed by atoms with van der Waals surface area (Å²) in [5, 5.41) is 141. The molecular formula is C59H90O25. The molecule has 0 amide bonds. The zero-order valence-electron chi connectivity index (χ0n) is 48.8. The van der Waals surface area contributed by atoms with Crippen LogP contribution >= 0.6 is 0 Å². The fourth-order valence-corrected chi connectivity index (χ4v) is 15.4. The Kier molecular flexibility index (Phi) is 20.3. The van der Waals surface area contributed by atoms with E-state index in [1.807, 2.05) is 26.8 Å². The molecule has 4 aliphatic carbocycles. The predicted molar refractivity (Wildman–Crippen MR) is 288 cm³/mol. The number of methoxy groups -OCH3 is 1. The Hall–Kier alpha value is -3.10. The summed E-state index contributed by atoms with van der Waals surface area (Å²) in [5.74, 6) is -1.55. The maximum absolute atomic E-state index is 13.6. The topological polar surface area (TPSA) is 389 Å². The largest absolute Gasteiger partial charge is 0.493 e. The van der Waals surface area contributed by atoms with Crippen LogP contribution in [0, 0.1) is 46.3 Å². The number of ether oxygens (including phenoxy) is 10. The van der Waals surface area contributed by atoms with Crippen LogP contribution in [0.15, 0.2) is 29.8 Å². The number of carbonyl (C=O) groups excluding carboxylic acids is 2. The Morgan fingerprint density at radius 1 is 0.655 bits per heavy atom. The highest BCUT2D eigenvalue weighted by Gasteiger charge is 2.65. The quantitative estimate of drug-likeness (QED) is 0.0625. The van der Waals surface area contributed by atoms with Crippen molar-refractivity contribution in [2.24, 2.45) is 46.3 Å². The number of ketones is 1. The average Bonchev–Trinajstić information content (AvgIpc) is 1.46. The molecule has 476 valence electrons. The lowest BCUT2D eigenvalue weighted by molar-refractivity contribution is -0.369. The fraction of sp³-hybridized carbons (Fsp3) is 0.831. The molecule has 4 aliphatic heterocycles. The van der Waals surface area contributed by atoms with Crippen molar-refractivity contribution in [3.8, 4) is 11.5 Å². The molecule has 30 atom stereocenters. The number of aliphatic hydroxyl groups is 13. The van der Waals surface area contributed by atoms with Crippen LogP contribution < -0.4 is 9.47 Å². The standard InChI is InChI=1S/C59H90O25/c1-23(2)15-29(61)16-24(3)40-36(81-56-51(73)47(69)43(65)37(21-60)82-56)20-32-39-31(12-14-59(32,40)7)58(6)13-11-30(18-28(58)19-33(39)62)79-57-52(84-55-50(72)46(68)42(64)26(5)78-55)48(70)44(66)38(83-57)22-76-53(74)27-9-10-34(35(17-27)75-8)80-54-49(71)45(67)41(63)25(4)77-54/h9-10,17,19,23-26,30-33,36-52,54-57,60,62-73H,11-16,18,20-22H2,1-8H3/t24-,25+,26+,30+,31+,32+,33+,36+,37-,38-,39-,40+,41+,42+,43-,44-,45-,46-,47+,48+,49-,50-,51-,52-,54+,55+,56-,57-,58+,59+/m1/s1. The summed E-state index contributed by atoms with van der Waals surface area (Å²) >= 11 is 0. The molecule has 1 aromatic rings. The molecule has 3 saturated carbocycles. The molecule has 0 radical (unpaired) electrons. The van der Waals surface area contributed by atoms with E-state index in [-0.39, 0.29) is 71.2 Å². The van der Waals surface area contributed by atoms with Gasteiger partial charge in [0.2, 0.25) is 6.29 Å². The van der Waals surface area contributed by atoms with Crippen LogP contribution in [-0.2, 0) is 42.7 Å². The van der Waals surface area contributed by atoms with Crippen LogP contribution in [0.4, 0.5) is 0 Å². The number of aliphatic hydroxyl groups excluding tert-OH is 13. The van der Waals surface area contributed by atoms with Gasteiger partial charge in [0.1, 0.15) is 97.8 Å². The summed E-state index contributed by atoms with van der Waals surface area (Å²) in [6.07, 6.45) is -26.8.